The molecule has 0 atom stereocenters. The van der Waals surface area contributed by atoms with Gasteiger partial charge in [0, 0.05) is 29.3 Å². The molecule has 1 saturated heterocycles. The first-order valence-electron chi connectivity index (χ1n) is 8.09. The summed E-state index contributed by atoms with van der Waals surface area (Å²) < 4.78 is 0. The van der Waals surface area contributed by atoms with Crippen LogP contribution in [0.5, 0.6) is 0 Å². The normalized spacial score (nSPS) is 14.4. The van der Waals surface area contributed by atoms with Gasteiger partial charge in [0.05, 0.1) is 11.4 Å². The number of nitrogens with zero attached hydrogens (tertiary/aromatic N) is 1. The number of carbonyl (C=O) groups excluding carboxylic acids is 2. The number of rotatable bonds is 4. The molecule has 1 fully saturated rings. The molecule has 2 N–H and O–H groups in total. The van der Waals surface area contributed by atoms with Crippen molar-refractivity contribution in [1.82, 2.24) is 5.32 Å². The largest absolute Gasteiger partial charge is 0.360 e. The number of piperazine rings is 1. The molecule has 0 radical (unpaired) electrons. The second-order valence-corrected chi connectivity index (χ2v) is 7.07. The zero-order valence-corrected chi connectivity index (χ0v) is 14.7. The van der Waals surface area contributed by atoms with E-state index >= 15 is 0 Å². The lowest BCUT2D eigenvalue weighted by Gasteiger charge is -2.28. The molecule has 2 heterocycles. The molecule has 0 unspecified atom stereocenters. The summed E-state index contributed by atoms with van der Waals surface area (Å²) in [4.78, 5) is 27.8. The average molecular weight is 343 g/mol. The summed E-state index contributed by atoms with van der Waals surface area (Å²) >= 11 is 1.53. The van der Waals surface area contributed by atoms with Crippen LogP contribution in [0.25, 0.3) is 0 Å². The van der Waals surface area contributed by atoms with E-state index in [0.29, 0.717) is 13.1 Å². The molecule has 1 aliphatic heterocycles. The molecule has 5 nitrogen and oxygen atoms in total. The van der Waals surface area contributed by atoms with E-state index in [9.17, 15) is 9.59 Å². The molecular weight excluding hydrogens is 322 g/mol. The second kappa shape index (κ2) is 7.05. The lowest BCUT2D eigenvalue weighted by molar-refractivity contribution is -0.120. The van der Waals surface area contributed by atoms with Crippen LogP contribution in [0.15, 0.2) is 30.3 Å². The lowest BCUT2D eigenvalue weighted by Crippen LogP contribution is -2.47. The quantitative estimate of drug-likeness (QED) is 0.897. The molecule has 1 aromatic heterocycles. The Balaban J connectivity index is 1.67. The first kappa shape index (κ1) is 16.5. The molecule has 3 rings (SSSR count). The smallest absolute Gasteiger partial charge is 0.265 e. The maximum absolute atomic E-state index is 12.4. The van der Waals surface area contributed by atoms with E-state index in [4.69, 9.17) is 0 Å². The summed E-state index contributed by atoms with van der Waals surface area (Å²) in [7, 11) is 0. The third-order valence-corrected chi connectivity index (χ3v) is 5.25. The van der Waals surface area contributed by atoms with Gasteiger partial charge in [0.15, 0.2) is 0 Å². The molecule has 1 aromatic carbocycles. The predicted molar refractivity (Wildman–Crippen MR) is 98.1 cm³/mol. The van der Waals surface area contributed by atoms with Crippen molar-refractivity contribution < 1.29 is 9.59 Å². The number of hydrogen-bond donors (Lipinski definition) is 2. The van der Waals surface area contributed by atoms with Gasteiger partial charge in [0.25, 0.3) is 5.91 Å². The minimum absolute atomic E-state index is 0.0402. The van der Waals surface area contributed by atoms with Crippen LogP contribution in [0.4, 0.5) is 11.4 Å². The first-order valence-corrected chi connectivity index (χ1v) is 8.91. The standard InChI is InChI=1S/C18H21N3O2S/c1-3-13-10-16(24-12(13)2)18(23)20-14-4-6-15(7-5-14)21-9-8-19-17(22)11-21/h4-7,10H,3,8-9,11H2,1-2H3,(H,19,22)(H,20,23). The molecule has 0 saturated carbocycles. The van der Waals surface area contributed by atoms with Crippen LogP contribution < -0.4 is 15.5 Å². The predicted octanol–water partition coefficient (Wildman–Crippen LogP) is 2.81. The van der Waals surface area contributed by atoms with E-state index in [-0.39, 0.29) is 11.8 Å². The number of benzene rings is 1. The third kappa shape index (κ3) is 3.59. The number of carbonyl (C=O) groups is 2. The molecule has 2 aromatic rings. The van der Waals surface area contributed by atoms with Crippen LogP contribution in [-0.4, -0.2) is 31.4 Å². The van der Waals surface area contributed by atoms with Crippen LogP contribution in [0.1, 0.15) is 27.0 Å². The Bertz CT molecular complexity index is 752. The SMILES string of the molecule is CCc1cc(C(=O)Nc2ccc(N3CCNC(=O)C3)cc2)sc1C. The van der Waals surface area contributed by atoms with Crippen molar-refractivity contribution in [3.63, 3.8) is 0 Å². The minimum atomic E-state index is -0.0760. The minimum Gasteiger partial charge on any atom is -0.360 e. The van der Waals surface area contributed by atoms with Gasteiger partial charge in [-0.15, -0.1) is 11.3 Å². The van der Waals surface area contributed by atoms with E-state index < -0.39 is 0 Å². The van der Waals surface area contributed by atoms with Crippen molar-refractivity contribution >= 4 is 34.5 Å². The number of anilines is 2. The zero-order valence-electron chi connectivity index (χ0n) is 13.9. The Morgan fingerprint density at radius 3 is 2.71 bits per heavy atom. The fourth-order valence-electron chi connectivity index (χ4n) is 2.79. The number of hydrogen-bond acceptors (Lipinski definition) is 4. The Hall–Kier alpha value is -2.34. The van der Waals surface area contributed by atoms with Crippen molar-refractivity contribution in [2.75, 3.05) is 29.9 Å². The van der Waals surface area contributed by atoms with E-state index in [0.717, 1.165) is 29.2 Å². The van der Waals surface area contributed by atoms with Gasteiger partial charge in [0.2, 0.25) is 5.91 Å². The lowest BCUT2D eigenvalue weighted by atomic mass is 10.2. The Morgan fingerprint density at radius 1 is 1.33 bits per heavy atom. The van der Waals surface area contributed by atoms with Gasteiger partial charge in [-0.1, -0.05) is 6.92 Å². The number of nitrogens with one attached hydrogen (secondary N) is 2. The van der Waals surface area contributed by atoms with Crippen molar-refractivity contribution in [1.29, 1.82) is 0 Å². The molecule has 126 valence electrons. The summed E-state index contributed by atoms with van der Waals surface area (Å²) in [6, 6.07) is 9.59. The van der Waals surface area contributed by atoms with Gasteiger partial charge in [-0.3, -0.25) is 9.59 Å². The van der Waals surface area contributed by atoms with Crippen LogP contribution in [0.2, 0.25) is 0 Å². The molecule has 24 heavy (non-hydrogen) atoms. The Morgan fingerprint density at radius 2 is 2.08 bits per heavy atom. The highest BCUT2D eigenvalue weighted by Gasteiger charge is 2.16. The number of aryl methyl sites for hydroxylation is 2. The first-order chi connectivity index (χ1) is 11.6. The Labute approximate surface area is 145 Å². The summed E-state index contributed by atoms with van der Waals surface area (Å²) in [5.74, 6) is -0.0358. The molecule has 2 amide bonds. The summed E-state index contributed by atoms with van der Waals surface area (Å²) in [6.07, 6.45) is 0.938. The van der Waals surface area contributed by atoms with E-state index in [2.05, 4.69) is 17.6 Å². The van der Waals surface area contributed by atoms with Crippen molar-refractivity contribution in [2.45, 2.75) is 20.3 Å². The monoisotopic (exact) mass is 343 g/mol. The van der Waals surface area contributed by atoms with E-state index in [1.165, 1.54) is 21.8 Å². The number of amides is 2. The van der Waals surface area contributed by atoms with Crippen LogP contribution >= 0.6 is 11.3 Å². The van der Waals surface area contributed by atoms with Crippen molar-refractivity contribution in [2.24, 2.45) is 0 Å². The van der Waals surface area contributed by atoms with Crippen molar-refractivity contribution in [3.8, 4) is 0 Å². The second-order valence-electron chi connectivity index (χ2n) is 5.82. The van der Waals surface area contributed by atoms with Gasteiger partial charge in [-0.25, -0.2) is 0 Å². The zero-order chi connectivity index (χ0) is 17.1. The molecule has 0 aliphatic carbocycles. The maximum Gasteiger partial charge on any atom is 0.265 e. The summed E-state index contributed by atoms with van der Waals surface area (Å²) in [5, 5.41) is 5.75. The van der Waals surface area contributed by atoms with Gasteiger partial charge < -0.3 is 15.5 Å². The fourth-order valence-corrected chi connectivity index (χ4v) is 3.80. The highest BCUT2D eigenvalue weighted by molar-refractivity contribution is 7.14. The molecule has 0 bridgehead atoms. The van der Waals surface area contributed by atoms with Gasteiger partial charge in [0.1, 0.15) is 0 Å². The summed E-state index contributed by atoms with van der Waals surface area (Å²) in [6.45, 7) is 5.97. The van der Waals surface area contributed by atoms with Gasteiger partial charge in [-0.05, 0) is 49.2 Å². The molecular formula is C18H21N3O2S. The topological polar surface area (TPSA) is 61.4 Å². The van der Waals surface area contributed by atoms with Gasteiger partial charge >= 0.3 is 0 Å². The highest BCUT2D eigenvalue weighted by atomic mass is 32.1. The average Bonchev–Trinajstić information content (AvgIpc) is 2.96. The van der Waals surface area contributed by atoms with Crippen molar-refractivity contribution in [3.05, 3.63) is 45.6 Å². The van der Waals surface area contributed by atoms with E-state index in [1.54, 1.807) is 0 Å². The maximum atomic E-state index is 12.4. The Kier molecular flexibility index (Phi) is 4.85. The highest BCUT2D eigenvalue weighted by Crippen LogP contribution is 2.24. The van der Waals surface area contributed by atoms with Crippen LogP contribution in [-0.2, 0) is 11.2 Å². The van der Waals surface area contributed by atoms with Gasteiger partial charge in [-0.2, -0.15) is 0 Å². The molecule has 1 aliphatic rings. The van der Waals surface area contributed by atoms with E-state index in [1.807, 2.05) is 42.2 Å². The third-order valence-electron chi connectivity index (χ3n) is 4.15. The van der Waals surface area contributed by atoms with Crippen LogP contribution in [0, 0.1) is 6.92 Å². The number of thiophene rings is 1. The fraction of sp³-hybridized carbons (Fsp3) is 0.333. The molecule has 0 spiro atoms. The molecule has 6 heteroatoms. The summed E-state index contributed by atoms with van der Waals surface area (Å²) in [5.41, 5.74) is 2.97. The van der Waals surface area contributed by atoms with Crippen LogP contribution in [0.3, 0.4) is 0 Å².